The number of rotatable bonds is 5. The Morgan fingerprint density at radius 1 is 1.05 bits per heavy atom. The molecule has 0 aliphatic rings. The predicted molar refractivity (Wildman–Crippen MR) is 86.0 cm³/mol. The zero-order valence-electron chi connectivity index (χ0n) is 11.8. The predicted octanol–water partition coefficient (Wildman–Crippen LogP) is 3.03. The monoisotopic (exact) mass is 302 g/mol. The highest BCUT2D eigenvalue weighted by Crippen LogP contribution is 2.30. The van der Waals surface area contributed by atoms with Crippen LogP contribution in [0.2, 0.25) is 0 Å². The Hall–Kier alpha value is -1.62. The van der Waals surface area contributed by atoms with Crippen LogP contribution in [0.3, 0.4) is 0 Å². The minimum atomic E-state index is -1.02. The molecule has 0 bridgehead atoms. The molecule has 2 unspecified atom stereocenters. The zero-order chi connectivity index (χ0) is 15.2. The van der Waals surface area contributed by atoms with Gasteiger partial charge in [0.1, 0.15) is 6.10 Å². The highest BCUT2D eigenvalue weighted by molar-refractivity contribution is 8.13. The van der Waals surface area contributed by atoms with E-state index in [1.54, 1.807) is 6.07 Å². The van der Waals surface area contributed by atoms with Gasteiger partial charge in [-0.05, 0) is 16.7 Å². The van der Waals surface area contributed by atoms with E-state index in [4.69, 9.17) is 0 Å². The topological polar surface area (TPSA) is 57.5 Å². The van der Waals surface area contributed by atoms with Crippen molar-refractivity contribution in [1.29, 1.82) is 0 Å². The first-order chi connectivity index (χ1) is 10.1. The van der Waals surface area contributed by atoms with Gasteiger partial charge in [-0.25, -0.2) is 0 Å². The molecule has 0 radical (unpaired) electrons. The molecule has 2 aromatic rings. The van der Waals surface area contributed by atoms with Gasteiger partial charge in [-0.15, -0.1) is 0 Å². The van der Waals surface area contributed by atoms with Gasteiger partial charge < -0.3 is 10.2 Å². The van der Waals surface area contributed by atoms with Crippen molar-refractivity contribution < 1.29 is 15.0 Å². The maximum atomic E-state index is 11.0. The average Bonchev–Trinajstić information content (AvgIpc) is 2.52. The smallest absolute Gasteiger partial charge is 0.185 e. The van der Waals surface area contributed by atoms with Crippen molar-refractivity contribution in [3.05, 3.63) is 60.2 Å². The van der Waals surface area contributed by atoms with E-state index in [0.29, 0.717) is 5.56 Å². The van der Waals surface area contributed by atoms with Crippen LogP contribution in [0.25, 0.3) is 11.1 Å². The number of aliphatic hydroxyl groups is 2. The minimum Gasteiger partial charge on any atom is -0.389 e. The Kier molecular flexibility index (Phi) is 5.56. The Balaban J connectivity index is 2.25. The van der Waals surface area contributed by atoms with Gasteiger partial charge in [0.2, 0.25) is 0 Å². The van der Waals surface area contributed by atoms with Crippen LogP contribution in [0.15, 0.2) is 54.6 Å². The van der Waals surface area contributed by atoms with E-state index >= 15 is 0 Å². The Bertz CT molecular complexity index is 598. The SMILES string of the molecule is CC(=O)SCC(O)C(O)c1ccccc1-c1ccccc1. The molecule has 2 N–H and O–H groups in total. The standard InChI is InChI=1S/C17H18O3S/c1-12(18)21-11-16(19)17(20)15-10-6-5-9-14(15)13-7-3-2-4-8-13/h2-10,16-17,19-20H,11H2,1H3. The number of hydrogen-bond donors (Lipinski definition) is 2. The first kappa shape index (κ1) is 15.8. The van der Waals surface area contributed by atoms with Gasteiger partial charge in [-0.2, -0.15) is 0 Å². The number of carbonyl (C=O) groups is 1. The van der Waals surface area contributed by atoms with Gasteiger partial charge in [-0.3, -0.25) is 4.79 Å². The second-order valence-corrected chi connectivity index (χ2v) is 5.96. The summed E-state index contributed by atoms with van der Waals surface area (Å²) in [5.41, 5.74) is 2.54. The molecule has 0 saturated carbocycles. The summed E-state index contributed by atoms with van der Waals surface area (Å²) in [7, 11) is 0. The molecule has 0 heterocycles. The quantitative estimate of drug-likeness (QED) is 0.891. The van der Waals surface area contributed by atoms with E-state index in [2.05, 4.69) is 0 Å². The second kappa shape index (κ2) is 7.41. The molecule has 0 aliphatic heterocycles. The molecule has 0 fully saturated rings. The molecular weight excluding hydrogens is 284 g/mol. The van der Waals surface area contributed by atoms with Gasteiger partial charge in [0, 0.05) is 12.7 Å². The van der Waals surface area contributed by atoms with Gasteiger partial charge in [0.25, 0.3) is 0 Å². The van der Waals surface area contributed by atoms with Crippen LogP contribution in [0.5, 0.6) is 0 Å². The van der Waals surface area contributed by atoms with Crippen LogP contribution in [-0.2, 0) is 4.79 Å². The van der Waals surface area contributed by atoms with Crippen LogP contribution in [-0.4, -0.2) is 27.2 Å². The molecule has 0 aliphatic carbocycles. The molecular formula is C17H18O3S. The fraction of sp³-hybridized carbons (Fsp3) is 0.235. The maximum Gasteiger partial charge on any atom is 0.185 e. The van der Waals surface area contributed by atoms with Crippen molar-refractivity contribution in [3.63, 3.8) is 0 Å². The maximum absolute atomic E-state index is 11.0. The van der Waals surface area contributed by atoms with E-state index in [1.165, 1.54) is 6.92 Å². The molecule has 0 amide bonds. The zero-order valence-corrected chi connectivity index (χ0v) is 12.6. The van der Waals surface area contributed by atoms with E-state index in [1.807, 2.05) is 48.5 Å². The Morgan fingerprint density at radius 2 is 1.67 bits per heavy atom. The summed E-state index contributed by atoms with van der Waals surface area (Å²) >= 11 is 1.02. The molecule has 4 heteroatoms. The third-order valence-corrected chi connectivity index (χ3v) is 4.10. The first-order valence-electron chi connectivity index (χ1n) is 6.73. The van der Waals surface area contributed by atoms with Crippen LogP contribution >= 0.6 is 11.8 Å². The van der Waals surface area contributed by atoms with Gasteiger partial charge >= 0.3 is 0 Å². The van der Waals surface area contributed by atoms with Crippen molar-refractivity contribution in [2.45, 2.75) is 19.1 Å². The number of hydrogen-bond acceptors (Lipinski definition) is 4. The molecule has 2 aromatic carbocycles. The second-order valence-electron chi connectivity index (χ2n) is 4.77. The summed E-state index contributed by atoms with van der Waals surface area (Å²) < 4.78 is 0. The lowest BCUT2D eigenvalue weighted by Crippen LogP contribution is -2.22. The summed E-state index contributed by atoms with van der Waals surface area (Å²) in [6, 6.07) is 17.2. The lowest BCUT2D eigenvalue weighted by molar-refractivity contribution is -0.109. The third-order valence-electron chi connectivity index (χ3n) is 3.19. The van der Waals surface area contributed by atoms with Crippen LogP contribution in [0.4, 0.5) is 0 Å². The number of benzene rings is 2. The molecule has 110 valence electrons. The summed E-state index contributed by atoms with van der Waals surface area (Å²) in [4.78, 5) is 11.0. The average molecular weight is 302 g/mol. The van der Waals surface area contributed by atoms with Gasteiger partial charge in [0.05, 0.1) is 6.10 Å². The van der Waals surface area contributed by atoms with E-state index in [-0.39, 0.29) is 10.9 Å². The molecule has 0 spiro atoms. The molecule has 2 atom stereocenters. The lowest BCUT2D eigenvalue weighted by atomic mass is 9.94. The van der Waals surface area contributed by atoms with Crippen molar-refractivity contribution >= 4 is 16.9 Å². The highest BCUT2D eigenvalue weighted by atomic mass is 32.2. The van der Waals surface area contributed by atoms with Crippen molar-refractivity contribution in [2.24, 2.45) is 0 Å². The van der Waals surface area contributed by atoms with E-state index in [0.717, 1.165) is 22.9 Å². The first-order valence-corrected chi connectivity index (χ1v) is 7.72. The van der Waals surface area contributed by atoms with Gasteiger partial charge in [-0.1, -0.05) is 66.4 Å². The van der Waals surface area contributed by atoms with E-state index in [9.17, 15) is 15.0 Å². The van der Waals surface area contributed by atoms with Crippen molar-refractivity contribution in [3.8, 4) is 11.1 Å². The van der Waals surface area contributed by atoms with Crippen molar-refractivity contribution in [2.75, 3.05) is 5.75 Å². The number of aliphatic hydroxyl groups excluding tert-OH is 2. The van der Waals surface area contributed by atoms with Gasteiger partial charge in [0.15, 0.2) is 5.12 Å². The summed E-state index contributed by atoms with van der Waals surface area (Å²) in [6.07, 6.45) is -2.00. The fourth-order valence-electron chi connectivity index (χ4n) is 2.14. The minimum absolute atomic E-state index is 0.0717. The lowest BCUT2D eigenvalue weighted by Gasteiger charge is -2.20. The Morgan fingerprint density at radius 3 is 2.33 bits per heavy atom. The van der Waals surface area contributed by atoms with Crippen LogP contribution in [0, 0.1) is 0 Å². The number of thioether (sulfide) groups is 1. The molecule has 3 nitrogen and oxygen atoms in total. The molecule has 21 heavy (non-hydrogen) atoms. The summed E-state index contributed by atoms with van der Waals surface area (Å²) in [6.45, 7) is 1.45. The number of carbonyl (C=O) groups excluding carboxylic acids is 1. The third kappa shape index (κ3) is 4.17. The van der Waals surface area contributed by atoms with Crippen LogP contribution in [0.1, 0.15) is 18.6 Å². The van der Waals surface area contributed by atoms with Crippen molar-refractivity contribution in [1.82, 2.24) is 0 Å². The largest absolute Gasteiger partial charge is 0.389 e. The molecule has 0 aromatic heterocycles. The highest BCUT2D eigenvalue weighted by Gasteiger charge is 2.21. The van der Waals surface area contributed by atoms with E-state index < -0.39 is 12.2 Å². The summed E-state index contributed by atoms with van der Waals surface area (Å²) in [5.74, 6) is 0.180. The fourth-order valence-corrected chi connectivity index (χ4v) is 2.72. The molecule has 2 rings (SSSR count). The van der Waals surface area contributed by atoms with Crippen LogP contribution < -0.4 is 0 Å². The normalized spacial score (nSPS) is 13.7. The summed E-state index contributed by atoms with van der Waals surface area (Å²) in [5, 5.41) is 20.4. The molecule has 0 saturated heterocycles. The Labute approximate surface area is 128 Å².